The molecule has 0 N–H and O–H groups in total. The molecule has 0 saturated carbocycles. The smallest absolute Gasteiger partial charge is 0.229 e. The highest BCUT2D eigenvalue weighted by molar-refractivity contribution is 5.97. The molecular weight excluding hydrogens is 209 g/mol. The Labute approximate surface area is 92.9 Å². The number of piperidine rings is 1. The van der Waals surface area contributed by atoms with Crippen molar-refractivity contribution in [3.63, 3.8) is 0 Å². The second-order valence-electron chi connectivity index (χ2n) is 3.85. The van der Waals surface area contributed by atoms with Crippen LogP contribution in [0.4, 0.5) is 4.39 Å². The molecule has 2 amide bonds. The molecule has 1 fully saturated rings. The molecule has 0 spiro atoms. The topological polar surface area (TPSA) is 37.4 Å². The fourth-order valence-corrected chi connectivity index (χ4v) is 1.75. The van der Waals surface area contributed by atoms with Gasteiger partial charge in [-0.1, -0.05) is 12.1 Å². The summed E-state index contributed by atoms with van der Waals surface area (Å²) in [6.07, 6.45) is 1.48. The summed E-state index contributed by atoms with van der Waals surface area (Å²) in [4.78, 5) is 24.3. The molecule has 0 atom stereocenters. The van der Waals surface area contributed by atoms with Crippen LogP contribution in [0.5, 0.6) is 0 Å². The van der Waals surface area contributed by atoms with E-state index in [0.29, 0.717) is 19.3 Å². The number of likely N-dealkylation sites (tertiary alicyclic amines) is 1. The van der Waals surface area contributed by atoms with Crippen LogP contribution in [0.1, 0.15) is 24.8 Å². The van der Waals surface area contributed by atoms with Crippen LogP contribution in [0.3, 0.4) is 0 Å². The molecule has 0 radical (unpaired) electrons. The average molecular weight is 221 g/mol. The number of carbonyl (C=O) groups is 2. The first-order valence-corrected chi connectivity index (χ1v) is 5.24. The van der Waals surface area contributed by atoms with Gasteiger partial charge in [-0.25, -0.2) is 4.39 Å². The third-order valence-corrected chi connectivity index (χ3v) is 2.64. The van der Waals surface area contributed by atoms with Gasteiger partial charge in [-0.2, -0.15) is 0 Å². The summed E-state index contributed by atoms with van der Waals surface area (Å²) in [6, 6.07) is 5.83. The van der Waals surface area contributed by atoms with Crippen molar-refractivity contribution in [2.45, 2.75) is 25.8 Å². The minimum absolute atomic E-state index is 0.138. The Morgan fingerprint density at radius 2 is 1.62 bits per heavy atom. The Hall–Kier alpha value is -1.71. The lowest BCUT2D eigenvalue weighted by atomic mass is 10.1. The molecular formula is C12H12FNO2. The van der Waals surface area contributed by atoms with Gasteiger partial charge < -0.3 is 0 Å². The van der Waals surface area contributed by atoms with Crippen LogP contribution in [0.2, 0.25) is 0 Å². The number of nitrogens with zero attached hydrogens (tertiary/aromatic N) is 1. The van der Waals surface area contributed by atoms with Crippen molar-refractivity contribution in [1.29, 1.82) is 0 Å². The summed E-state index contributed by atoms with van der Waals surface area (Å²) >= 11 is 0. The maximum Gasteiger partial charge on any atom is 0.229 e. The van der Waals surface area contributed by atoms with Crippen LogP contribution >= 0.6 is 0 Å². The van der Waals surface area contributed by atoms with E-state index in [4.69, 9.17) is 0 Å². The lowest BCUT2D eigenvalue weighted by Crippen LogP contribution is -2.39. The highest BCUT2D eigenvalue weighted by atomic mass is 19.1. The maximum absolute atomic E-state index is 12.7. The van der Waals surface area contributed by atoms with E-state index in [0.717, 1.165) is 5.56 Å². The van der Waals surface area contributed by atoms with Gasteiger partial charge >= 0.3 is 0 Å². The molecule has 1 aliphatic heterocycles. The number of hydrogen-bond donors (Lipinski definition) is 0. The average Bonchev–Trinajstić information content (AvgIpc) is 2.26. The molecule has 84 valence electrons. The van der Waals surface area contributed by atoms with Gasteiger partial charge in [0, 0.05) is 12.8 Å². The van der Waals surface area contributed by atoms with Crippen LogP contribution in [0, 0.1) is 5.82 Å². The Bertz CT molecular complexity index is 398. The molecule has 3 nitrogen and oxygen atoms in total. The van der Waals surface area contributed by atoms with Crippen molar-refractivity contribution in [3.8, 4) is 0 Å². The number of halogens is 1. The quantitative estimate of drug-likeness (QED) is 0.715. The van der Waals surface area contributed by atoms with Crippen molar-refractivity contribution in [2.75, 3.05) is 0 Å². The van der Waals surface area contributed by atoms with E-state index >= 15 is 0 Å². The van der Waals surface area contributed by atoms with Gasteiger partial charge in [-0.3, -0.25) is 14.5 Å². The van der Waals surface area contributed by atoms with Crippen LogP contribution < -0.4 is 0 Å². The van der Waals surface area contributed by atoms with E-state index in [9.17, 15) is 14.0 Å². The van der Waals surface area contributed by atoms with E-state index in [1.165, 1.54) is 17.0 Å². The summed E-state index contributed by atoms with van der Waals surface area (Å²) in [7, 11) is 0. The van der Waals surface area contributed by atoms with E-state index in [-0.39, 0.29) is 24.2 Å². The fourth-order valence-electron chi connectivity index (χ4n) is 1.75. The highest BCUT2D eigenvalue weighted by Gasteiger charge is 2.25. The molecule has 2 rings (SSSR count). The number of carbonyl (C=O) groups excluding carboxylic acids is 2. The number of imide groups is 1. The highest BCUT2D eigenvalue weighted by Crippen LogP contribution is 2.15. The third-order valence-electron chi connectivity index (χ3n) is 2.64. The summed E-state index contributed by atoms with van der Waals surface area (Å²) in [5, 5.41) is 0. The Morgan fingerprint density at radius 1 is 1.06 bits per heavy atom. The Morgan fingerprint density at radius 3 is 2.19 bits per heavy atom. The molecule has 4 heteroatoms. The first-order chi connectivity index (χ1) is 7.66. The monoisotopic (exact) mass is 221 g/mol. The largest absolute Gasteiger partial charge is 0.278 e. The molecule has 1 aromatic rings. The molecule has 1 saturated heterocycles. The molecule has 0 bridgehead atoms. The zero-order valence-electron chi connectivity index (χ0n) is 8.78. The van der Waals surface area contributed by atoms with E-state index in [1.807, 2.05) is 0 Å². The lowest BCUT2D eigenvalue weighted by molar-refractivity contribution is -0.148. The van der Waals surface area contributed by atoms with Crippen LogP contribution in [-0.4, -0.2) is 16.7 Å². The van der Waals surface area contributed by atoms with Gasteiger partial charge in [-0.15, -0.1) is 0 Å². The fraction of sp³-hybridized carbons (Fsp3) is 0.333. The van der Waals surface area contributed by atoms with E-state index < -0.39 is 0 Å². The zero-order valence-corrected chi connectivity index (χ0v) is 8.78. The third kappa shape index (κ3) is 2.27. The number of hydrogen-bond acceptors (Lipinski definition) is 2. The van der Waals surface area contributed by atoms with Crippen LogP contribution in [0.25, 0.3) is 0 Å². The molecule has 0 aromatic heterocycles. The van der Waals surface area contributed by atoms with Crippen LogP contribution in [-0.2, 0) is 16.1 Å². The number of rotatable bonds is 2. The SMILES string of the molecule is O=C1CCCC(=O)N1Cc1ccc(F)cc1. The van der Waals surface area contributed by atoms with Gasteiger partial charge in [0.2, 0.25) is 11.8 Å². The lowest BCUT2D eigenvalue weighted by Gasteiger charge is -2.24. The van der Waals surface area contributed by atoms with Crippen molar-refractivity contribution in [3.05, 3.63) is 35.6 Å². The Kier molecular flexibility index (Phi) is 2.99. The van der Waals surface area contributed by atoms with Crippen molar-refractivity contribution < 1.29 is 14.0 Å². The van der Waals surface area contributed by atoms with E-state index in [1.54, 1.807) is 12.1 Å². The van der Waals surface area contributed by atoms with Gasteiger partial charge in [0.05, 0.1) is 6.54 Å². The minimum atomic E-state index is -0.319. The minimum Gasteiger partial charge on any atom is -0.278 e. The maximum atomic E-state index is 12.7. The zero-order chi connectivity index (χ0) is 11.5. The first-order valence-electron chi connectivity index (χ1n) is 5.24. The normalized spacial score (nSPS) is 16.7. The molecule has 1 aromatic carbocycles. The molecule has 1 heterocycles. The van der Waals surface area contributed by atoms with E-state index in [2.05, 4.69) is 0 Å². The molecule has 16 heavy (non-hydrogen) atoms. The van der Waals surface area contributed by atoms with Crippen LogP contribution in [0.15, 0.2) is 24.3 Å². The predicted octanol–water partition coefficient (Wildman–Crippen LogP) is 1.86. The Balaban J connectivity index is 2.10. The first kappa shape index (κ1) is 10.8. The van der Waals surface area contributed by atoms with Crippen molar-refractivity contribution in [1.82, 2.24) is 4.90 Å². The van der Waals surface area contributed by atoms with Crippen molar-refractivity contribution >= 4 is 11.8 Å². The summed E-state index contributed by atoms with van der Waals surface area (Å²) in [6.45, 7) is 0.248. The molecule has 1 aliphatic rings. The second-order valence-corrected chi connectivity index (χ2v) is 3.85. The molecule has 0 unspecified atom stereocenters. The summed E-state index contributed by atoms with van der Waals surface area (Å²) in [5.74, 6) is -0.596. The molecule has 0 aliphatic carbocycles. The van der Waals surface area contributed by atoms with Gasteiger partial charge in [0.25, 0.3) is 0 Å². The standard InChI is InChI=1S/C12H12FNO2/c13-10-6-4-9(5-7-10)8-14-11(15)2-1-3-12(14)16/h4-7H,1-3,8H2. The van der Waals surface area contributed by atoms with Crippen molar-refractivity contribution in [2.24, 2.45) is 0 Å². The predicted molar refractivity (Wildman–Crippen MR) is 55.8 cm³/mol. The summed E-state index contributed by atoms with van der Waals surface area (Å²) in [5.41, 5.74) is 0.769. The number of benzene rings is 1. The summed E-state index contributed by atoms with van der Waals surface area (Å²) < 4.78 is 12.7. The number of amides is 2. The second kappa shape index (κ2) is 4.43. The van der Waals surface area contributed by atoms with Gasteiger partial charge in [-0.05, 0) is 24.1 Å². The van der Waals surface area contributed by atoms with Gasteiger partial charge in [0.15, 0.2) is 0 Å². The van der Waals surface area contributed by atoms with Gasteiger partial charge in [0.1, 0.15) is 5.82 Å².